The molecule has 0 aliphatic carbocycles. The van der Waals surface area contributed by atoms with E-state index in [4.69, 9.17) is 4.74 Å². The Morgan fingerprint density at radius 2 is 2.23 bits per heavy atom. The summed E-state index contributed by atoms with van der Waals surface area (Å²) in [5.74, 6) is 1.28. The number of hydrogen-bond donors (Lipinski definition) is 2. The summed E-state index contributed by atoms with van der Waals surface area (Å²) < 4.78 is 8.00. The molecule has 0 atom stereocenters. The number of nitrogens with zero attached hydrogens (tertiary/aromatic N) is 2. The van der Waals surface area contributed by atoms with Crippen molar-refractivity contribution in [2.24, 2.45) is 5.92 Å². The highest BCUT2D eigenvalue weighted by Crippen LogP contribution is 2.27. The highest BCUT2D eigenvalue weighted by molar-refractivity contribution is 5.87. The monoisotopic (exact) mass is 354 g/mol. The van der Waals surface area contributed by atoms with Crippen LogP contribution in [-0.2, 0) is 17.8 Å². The van der Waals surface area contributed by atoms with E-state index in [0.29, 0.717) is 12.5 Å². The minimum Gasteiger partial charge on any atom is -0.483 e. The van der Waals surface area contributed by atoms with Crippen molar-refractivity contribution in [1.82, 2.24) is 19.9 Å². The molecule has 0 saturated heterocycles. The number of aromatic nitrogens is 3. The number of hydrogen-bond acceptors (Lipinski definition) is 3. The molecule has 0 unspecified atom stereocenters. The molecule has 0 saturated carbocycles. The zero-order valence-electron chi connectivity index (χ0n) is 15.4. The molecule has 0 fully saturated rings. The van der Waals surface area contributed by atoms with E-state index in [2.05, 4.69) is 52.0 Å². The molecule has 138 valence electrons. The second kappa shape index (κ2) is 8.56. The molecule has 2 aromatic heterocycles. The lowest BCUT2D eigenvalue weighted by atomic mass is 10.1. The van der Waals surface area contributed by atoms with Crippen molar-refractivity contribution in [3.8, 4) is 5.75 Å². The van der Waals surface area contributed by atoms with Crippen LogP contribution in [0.3, 0.4) is 0 Å². The number of aryl methyl sites for hydroxylation is 1. The van der Waals surface area contributed by atoms with Gasteiger partial charge in [0.25, 0.3) is 5.91 Å². The minimum absolute atomic E-state index is 0.0132. The summed E-state index contributed by atoms with van der Waals surface area (Å²) in [5, 5.41) is 3.90. The largest absolute Gasteiger partial charge is 0.483 e. The predicted octanol–water partition coefficient (Wildman–Crippen LogP) is 3.15. The topological polar surface area (TPSA) is 71.9 Å². The summed E-state index contributed by atoms with van der Waals surface area (Å²) >= 11 is 0. The van der Waals surface area contributed by atoms with E-state index in [-0.39, 0.29) is 12.5 Å². The summed E-state index contributed by atoms with van der Waals surface area (Å²) in [6, 6.07) is 8.03. The molecule has 0 bridgehead atoms. The van der Waals surface area contributed by atoms with Crippen LogP contribution in [0.5, 0.6) is 5.75 Å². The number of aromatic amines is 1. The molecule has 2 N–H and O–H groups in total. The van der Waals surface area contributed by atoms with Crippen LogP contribution in [0.4, 0.5) is 0 Å². The predicted molar refractivity (Wildman–Crippen MR) is 102 cm³/mol. The molecule has 0 aliphatic heterocycles. The number of carbonyl (C=O) groups is 1. The third kappa shape index (κ3) is 4.65. The van der Waals surface area contributed by atoms with Crippen molar-refractivity contribution >= 4 is 16.8 Å². The molecular formula is C20H26N4O2. The number of amides is 1. The Labute approximate surface area is 153 Å². The van der Waals surface area contributed by atoms with Crippen LogP contribution >= 0.6 is 0 Å². The third-order valence-corrected chi connectivity index (χ3v) is 4.35. The lowest BCUT2D eigenvalue weighted by Gasteiger charge is -2.10. The molecule has 6 heteroatoms. The van der Waals surface area contributed by atoms with E-state index in [1.165, 1.54) is 0 Å². The van der Waals surface area contributed by atoms with Gasteiger partial charge in [-0.05, 0) is 30.5 Å². The van der Waals surface area contributed by atoms with Crippen LogP contribution in [0.15, 0.2) is 43.0 Å². The zero-order chi connectivity index (χ0) is 18.4. The Kier molecular flexibility index (Phi) is 5.94. The maximum atomic E-state index is 12.0. The smallest absolute Gasteiger partial charge is 0.257 e. The van der Waals surface area contributed by atoms with Crippen LogP contribution < -0.4 is 10.1 Å². The number of carbonyl (C=O) groups excluding carboxylic acids is 1. The molecule has 0 radical (unpaired) electrons. The maximum absolute atomic E-state index is 12.0. The van der Waals surface area contributed by atoms with Gasteiger partial charge in [-0.2, -0.15) is 0 Å². The van der Waals surface area contributed by atoms with E-state index in [1.807, 2.05) is 12.1 Å². The van der Waals surface area contributed by atoms with Gasteiger partial charge in [0.2, 0.25) is 0 Å². The van der Waals surface area contributed by atoms with Gasteiger partial charge in [0.05, 0.1) is 11.8 Å². The van der Waals surface area contributed by atoms with E-state index in [1.54, 1.807) is 12.5 Å². The molecule has 1 aromatic carbocycles. The fraction of sp³-hybridized carbons (Fsp3) is 0.400. The first-order valence-corrected chi connectivity index (χ1v) is 9.08. The van der Waals surface area contributed by atoms with Gasteiger partial charge in [-0.15, -0.1) is 0 Å². The van der Waals surface area contributed by atoms with E-state index >= 15 is 0 Å². The van der Waals surface area contributed by atoms with Gasteiger partial charge < -0.3 is 19.6 Å². The van der Waals surface area contributed by atoms with E-state index < -0.39 is 0 Å². The molecule has 6 nitrogen and oxygen atoms in total. The molecule has 3 rings (SSSR count). The highest BCUT2D eigenvalue weighted by atomic mass is 16.5. The van der Waals surface area contributed by atoms with Gasteiger partial charge in [0, 0.05) is 43.0 Å². The van der Waals surface area contributed by atoms with Crippen LogP contribution in [-0.4, -0.2) is 33.6 Å². The van der Waals surface area contributed by atoms with Crippen molar-refractivity contribution in [2.45, 2.75) is 33.2 Å². The molecule has 0 spiro atoms. The first-order valence-electron chi connectivity index (χ1n) is 9.08. The number of rotatable bonds is 9. The Morgan fingerprint density at radius 1 is 1.35 bits per heavy atom. The highest BCUT2D eigenvalue weighted by Gasteiger charge is 2.09. The van der Waals surface area contributed by atoms with Crippen molar-refractivity contribution in [2.75, 3.05) is 13.2 Å². The average Bonchev–Trinajstić information content (AvgIpc) is 3.28. The standard InChI is InChI=1S/C20H26N4O2/c1-15(2)7-10-24-11-8-17-18(24)4-3-5-19(17)26-13-20(25)22-9-6-16-12-21-14-23-16/h3-5,8,11-12,14-15H,6-7,9-10,13H2,1-2H3,(H,21,23)(H,22,25). The fourth-order valence-electron chi connectivity index (χ4n) is 2.87. The lowest BCUT2D eigenvalue weighted by Crippen LogP contribution is -2.30. The SMILES string of the molecule is CC(C)CCn1ccc2c(OCC(=O)NCCc3cnc[nH]3)cccc21. The molecule has 1 amide bonds. The summed E-state index contributed by atoms with van der Waals surface area (Å²) in [6.07, 6.45) is 7.33. The molecule has 3 aromatic rings. The van der Waals surface area contributed by atoms with Gasteiger partial charge in [-0.25, -0.2) is 4.98 Å². The number of nitrogens with one attached hydrogen (secondary N) is 2. The summed E-state index contributed by atoms with van der Waals surface area (Å²) in [5.41, 5.74) is 2.14. The van der Waals surface area contributed by atoms with E-state index in [9.17, 15) is 4.79 Å². The van der Waals surface area contributed by atoms with Crippen molar-refractivity contribution in [3.05, 3.63) is 48.7 Å². The molecule has 0 aliphatic rings. The van der Waals surface area contributed by atoms with Gasteiger partial charge in [-0.1, -0.05) is 19.9 Å². The average molecular weight is 354 g/mol. The first-order chi connectivity index (χ1) is 12.6. The van der Waals surface area contributed by atoms with Gasteiger partial charge in [0.1, 0.15) is 5.75 Å². The second-order valence-corrected chi connectivity index (χ2v) is 6.85. The lowest BCUT2D eigenvalue weighted by molar-refractivity contribution is -0.123. The number of fused-ring (bicyclic) bond motifs is 1. The fourth-order valence-corrected chi connectivity index (χ4v) is 2.87. The van der Waals surface area contributed by atoms with Gasteiger partial charge >= 0.3 is 0 Å². The Bertz CT molecular complexity index is 837. The Hall–Kier alpha value is -2.76. The van der Waals surface area contributed by atoms with E-state index in [0.717, 1.165) is 41.7 Å². The van der Waals surface area contributed by atoms with Crippen molar-refractivity contribution in [1.29, 1.82) is 0 Å². The molecule has 2 heterocycles. The number of imidazole rings is 1. The third-order valence-electron chi connectivity index (χ3n) is 4.35. The Morgan fingerprint density at radius 3 is 3.00 bits per heavy atom. The summed E-state index contributed by atoms with van der Waals surface area (Å²) in [7, 11) is 0. The van der Waals surface area contributed by atoms with Crippen LogP contribution in [0.25, 0.3) is 10.9 Å². The van der Waals surface area contributed by atoms with Crippen LogP contribution in [0, 0.1) is 5.92 Å². The first kappa shape index (κ1) is 18.0. The molecule has 26 heavy (non-hydrogen) atoms. The molecular weight excluding hydrogens is 328 g/mol. The Balaban J connectivity index is 1.54. The van der Waals surface area contributed by atoms with Crippen LogP contribution in [0.1, 0.15) is 26.0 Å². The summed E-state index contributed by atoms with van der Waals surface area (Å²) in [4.78, 5) is 19.0. The second-order valence-electron chi connectivity index (χ2n) is 6.85. The quantitative estimate of drug-likeness (QED) is 0.620. The minimum atomic E-state index is -0.124. The zero-order valence-corrected chi connectivity index (χ0v) is 15.4. The number of benzene rings is 1. The van der Waals surface area contributed by atoms with Gasteiger partial charge in [0.15, 0.2) is 6.61 Å². The van der Waals surface area contributed by atoms with Crippen molar-refractivity contribution < 1.29 is 9.53 Å². The maximum Gasteiger partial charge on any atom is 0.257 e. The summed E-state index contributed by atoms with van der Waals surface area (Å²) in [6.45, 7) is 6.01. The van der Waals surface area contributed by atoms with Crippen molar-refractivity contribution in [3.63, 3.8) is 0 Å². The van der Waals surface area contributed by atoms with Gasteiger partial charge in [-0.3, -0.25) is 4.79 Å². The van der Waals surface area contributed by atoms with Crippen LogP contribution in [0.2, 0.25) is 0 Å². The number of H-pyrrole nitrogens is 1. The number of ether oxygens (including phenoxy) is 1. The normalized spacial score (nSPS) is 11.2.